The predicted molar refractivity (Wildman–Crippen MR) is 145 cm³/mol. The van der Waals surface area contributed by atoms with E-state index in [0.29, 0.717) is 5.69 Å². The molecule has 0 unspecified atom stereocenters. The van der Waals surface area contributed by atoms with Gasteiger partial charge in [0, 0.05) is 37.8 Å². The topological polar surface area (TPSA) is 164 Å². The van der Waals surface area contributed by atoms with Crippen LogP contribution in [0.5, 0.6) is 0 Å². The summed E-state index contributed by atoms with van der Waals surface area (Å²) >= 11 is 0. The summed E-state index contributed by atoms with van der Waals surface area (Å²) in [5.41, 5.74) is -0.684. The third-order valence-corrected chi connectivity index (χ3v) is 5.75. The van der Waals surface area contributed by atoms with Crippen LogP contribution in [0.15, 0.2) is 40.6 Å². The summed E-state index contributed by atoms with van der Waals surface area (Å²) in [5, 5.41) is 34.3. The first kappa shape index (κ1) is 29.8. The highest BCUT2D eigenvalue weighted by Gasteiger charge is 2.32. The highest BCUT2D eigenvalue weighted by molar-refractivity contribution is 6.00. The summed E-state index contributed by atoms with van der Waals surface area (Å²) in [6, 6.07) is 6.25. The Morgan fingerprint density at radius 2 is 1.45 bits per heavy atom. The second kappa shape index (κ2) is 12.7. The van der Waals surface area contributed by atoms with E-state index in [1.54, 1.807) is 45.9 Å². The van der Waals surface area contributed by atoms with Gasteiger partial charge < -0.3 is 15.1 Å². The van der Waals surface area contributed by atoms with Gasteiger partial charge in [0.15, 0.2) is 5.69 Å². The van der Waals surface area contributed by atoms with Crippen LogP contribution < -0.4 is 10.2 Å². The lowest BCUT2D eigenvalue weighted by Gasteiger charge is -2.30. The van der Waals surface area contributed by atoms with E-state index in [-0.39, 0.29) is 34.9 Å². The Labute approximate surface area is 220 Å². The normalized spacial score (nSPS) is 11.2. The second-order valence-electron chi connectivity index (χ2n) is 9.03. The fourth-order valence-corrected chi connectivity index (χ4v) is 4.11. The number of hydrogen-bond acceptors (Lipinski definition) is 9. The van der Waals surface area contributed by atoms with Crippen molar-refractivity contribution in [1.29, 1.82) is 0 Å². The van der Waals surface area contributed by atoms with Gasteiger partial charge in [0.1, 0.15) is 11.3 Å². The number of anilines is 2. The molecule has 0 heterocycles. The van der Waals surface area contributed by atoms with Crippen molar-refractivity contribution < 1.29 is 19.4 Å². The number of azo groups is 1. The lowest BCUT2D eigenvalue weighted by molar-refractivity contribution is -0.393. The number of rotatable bonds is 11. The molecule has 0 radical (unpaired) electrons. The van der Waals surface area contributed by atoms with Crippen LogP contribution in [0.3, 0.4) is 0 Å². The molecule has 0 bridgehead atoms. The van der Waals surface area contributed by atoms with Crippen LogP contribution in [0.1, 0.15) is 58.8 Å². The molecule has 0 saturated heterocycles. The highest BCUT2D eigenvalue weighted by atomic mass is 16.6. The van der Waals surface area contributed by atoms with Crippen molar-refractivity contribution in [3.05, 3.63) is 56.1 Å². The molecule has 0 aliphatic rings. The molecule has 2 aromatic rings. The van der Waals surface area contributed by atoms with E-state index in [9.17, 15) is 29.8 Å². The zero-order chi connectivity index (χ0) is 28.7. The van der Waals surface area contributed by atoms with Gasteiger partial charge in [-0.25, -0.2) is 0 Å². The minimum Gasteiger partial charge on any atom is -0.372 e. The van der Waals surface area contributed by atoms with Crippen molar-refractivity contribution in [3.8, 4) is 0 Å². The molecule has 204 valence electrons. The Kier molecular flexibility index (Phi) is 9.96. The van der Waals surface area contributed by atoms with Gasteiger partial charge in [-0.05, 0) is 65.8 Å². The number of nitro groups is 2. The number of nitrogens with one attached hydrogen (secondary N) is 1. The molecule has 1 N–H and O–H groups in total. The number of nitro benzene ring substituents is 2. The summed E-state index contributed by atoms with van der Waals surface area (Å²) in [6.45, 7) is 13.8. The Morgan fingerprint density at radius 1 is 0.895 bits per heavy atom. The SMILES string of the molecule is CCN(CC)c1ccc(N=Nc2cc(C(=O)N(C(C)C)C(C)C)c([N+](=O)[O-])cc2[N+](=O)[O-])c(NC(C)=O)c1. The largest absolute Gasteiger partial charge is 0.372 e. The zero-order valence-corrected chi connectivity index (χ0v) is 22.6. The van der Waals surface area contributed by atoms with E-state index in [2.05, 4.69) is 20.4 Å². The van der Waals surface area contributed by atoms with E-state index >= 15 is 0 Å². The van der Waals surface area contributed by atoms with Crippen molar-refractivity contribution in [2.75, 3.05) is 23.3 Å². The van der Waals surface area contributed by atoms with Crippen LogP contribution in [0.25, 0.3) is 0 Å². The number of nitrogens with zero attached hydrogens (tertiary/aromatic N) is 6. The summed E-state index contributed by atoms with van der Waals surface area (Å²) < 4.78 is 0. The maximum absolute atomic E-state index is 13.3. The molecule has 2 aromatic carbocycles. The molecule has 0 spiro atoms. The molecule has 13 heteroatoms. The van der Waals surface area contributed by atoms with Crippen molar-refractivity contribution >= 4 is 45.9 Å². The average molecular weight is 528 g/mol. The summed E-state index contributed by atoms with van der Waals surface area (Å²) in [6.07, 6.45) is 0. The van der Waals surface area contributed by atoms with Crippen LogP contribution in [0, 0.1) is 20.2 Å². The molecule has 38 heavy (non-hydrogen) atoms. The monoisotopic (exact) mass is 527 g/mol. The average Bonchev–Trinajstić information content (AvgIpc) is 2.82. The molecule has 0 saturated carbocycles. The number of carbonyl (C=O) groups excluding carboxylic acids is 2. The van der Waals surface area contributed by atoms with E-state index in [4.69, 9.17) is 0 Å². The third-order valence-electron chi connectivity index (χ3n) is 5.75. The fourth-order valence-electron chi connectivity index (χ4n) is 4.11. The van der Waals surface area contributed by atoms with Gasteiger partial charge in [0.2, 0.25) is 5.91 Å². The molecule has 0 aromatic heterocycles. The molecule has 0 aliphatic heterocycles. The first-order valence-electron chi connectivity index (χ1n) is 12.2. The van der Waals surface area contributed by atoms with Crippen LogP contribution >= 0.6 is 0 Å². The maximum Gasteiger partial charge on any atom is 0.303 e. The number of amides is 2. The maximum atomic E-state index is 13.3. The third kappa shape index (κ3) is 6.87. The Hall–Kier alpha value is -4.42. The first-order valence-corrected chi connectivity index (χ1v) is 12.2. The lowest BCUT2D eigenvalue weighted by atomic mass is 10.1. The van der Waals surface area contributed by atoms with Gasteiger partial charge >= 0.3 is 5.69 Å². The quantitative estimate of drug-likeness (QED) is 0.213. The molecule has 2 amide bonds. The van der Waals surface area contributed by atoms with Gasteiger partial charge in [0.25, 0.3) is 11.6 Å². The predicted octanol–water partition coefficient (Wildman–Crippen LogP) is 5.98. The van der Waals surface area contributed by atoms with Gasteiger partial charge in [-0.1, -0.05) is 0 Å². The molecule has 0 atom stereocenters. The second-order valence-corrected chi connectivity index (χ2v) is 9.03. The first-order chi connectivity index (χ1) is 17.8. The van der Waals surface area contributed by atoms with Gasteiger partial charge in [-0.2, -0.15) is 0 Å². The molecule has 0 fully saturated rings. The van der Waals surface area contributed by atoms with Gasteiger partial charge in [0.05, 0.1) is 21.6 Å². The summed E-state index contributed by atoms with van der Waals surface area (Å²) in [7, 11) is 0. The number of hydrogen-bond donors (Lipinski definition) is 1. The van der Waals surface area contributed by atoms with Crippen molar-refractivity contribution in [1.82, 2.24) is 4.90 Å². The van der Waals surface area contributed by atoms with E-state index < -0.39 is 27.1 Å². The standard InChI is InChI=1S/C25H33N7O6/c1-8-29(9-2)18-10-11-20(21(12-18)26-17(7)33)27-28-22-13-19(25(34)30(15(3)4)16(5)6)23(31(35)36)14-24(22)32(37)38/h10-16H,8-9H2,1-7H3,(H,26,33). The summed E-state index contributed by atoms with van der Waals surface area (Å²) in [4.78, 5) is 50.5. The minimum atomic E-state index is -0.833. The van der Waals surface area contributed by atoms with E-state index in [1.165, 1.54) is 11.8 Å². The molecular formula is C25H33N7O6. The van der Waals surface area contributed by atoms with E-state index in [1.807, 2.05) is 13.8 Å². The fraction of sp³-hybridized carbons (Fsp3) is 0.440. The Morgan fingerprint density at radius 3 is 1.92 bits per heavy atom. The zero-order valence-electron chi connectivity index (χ0n) is 22.6. The molecule has 2 rings (SSSR count). The van der Waals surface area contributed by atoms with E-state index in [0.717, 1.165) is 30.9 Å². The Balaban J connectivity index is 2.71. The van der Waals surface area contributed by atoms with Gasteiger partial charge in [-0.3, -0.25) is 29.8 Å². The van der Waals surface area contributed by atoms with Gasteiger partial charge in [-0.15, -0.1) is 10.2 Å². The van der Waals surface area contributed by atoms with Crippen molar-refractivity contribution in [3.63, 3.8) is 0 Å². The molecule has 0 aliphatic carbocycles. The highest BCUT2D eigenvalue weighted by Crippen LogP contribution is 2.38. The number of carbonyl (C=O) groups is 2. The smallest absolute Gasteiger partial charge is 0.303 e. The molecule has 13 nitrogen and oxygen atoms in total. The number of benzene rings is 2. The minimum absolute atomic E-state index is 0.211. The Bertz CT molecular complexity index is 1250. The molecular weight excluding hydrogens is 494 g/mol. The summed E-state index contributed by atoms with van der Waals surface area (Å²) in [5.74, 6) is -1.01. The lowest BCUT2D eigenvalue weighted by Crippen LogP contribution is -2.42. The van der Waals surface area contributed by atoms with Crippen LogP contribution in [0.2, 0.25) is 0 Å². The van der Waals surface area contributed by atoms with Crippen molar-refractivity contribution in [2.24, 2.45) is 10.2 Å². The van der Waals surface area contributed by atoms with Crippen LogP contribution in [-0.4, -0.2) is 51.7 Å². The van der Waals surface area contributed by atoms with Crippen LogP contribution in [-0.2, 0) is 4.79 Å². The van der Waals surface area contributed by atoms with Crippen LogP contribution in [0.4, 0.5) is 34.1 Å². The van der Waals surface area contributed by atoms with Crippen molar-refractivity contribution in [2.45, 2.75) is 60.5 Å².